The maximum Gasteiger partial charge on any atom is 0.230 e. The van der Waals surface area contributed by atoms with Gasteiger partial charge in [-0.3, -0.25) is 0 Å². The number of anilines is 1. The van der Waals surface area contributed by atoms with Gasteiger partial charge in [0.05, 0.1) is 5.56 Å². The van der Waals surface area contributed by atoms with Gasteiger partial charge in [0.25, 0.3) is 0 Å². The molecular weight excluding hydrogens is 370 g/mol. The van der Waals surface area contributed by atoms with Crippen LogP contribution in [0.5, 0.6) is 11.6 Å². The Hall–Kier alpha value is -2.99. The Morgan fingerprint density at radius 1 is 1.07 bits per heavy atom. The van der Waals surface area contributed by atoms with Crippen LogP contribution in [0.2, 0.25) is 0 Å². The number of nitrogens with zero attached hydrogens (tertiary/aromatic N) is 3. The van der Waals surface area contributed by atoms with Crippen LogP contribution in [0.25, 0.3) is 0 Å². The van der Waals surface area contributed by atoms with Crippen molar-refractivity contribution in [1.82, 2.24) is 4.98 Å². The summed E-state index contributed by atoms with van der Waals surface area (Å²) in [5.74, 6) is 1.44. The maximum absolute atomic E-state index is 9.74. The third-order valence-corrected chi connectivity index (χ3v) is 5.28. The molecule has 0 aliphatic rings. The van der Waals surface area contributed by atoms with E-state index >= 15 is 0 Å². The topological polar surface area (TPSA) is 58.0 Å². The number of thioether (sulfide) groups is 1. The highest BCUT2D eigenvalue weighted by Crippen LogP contribution is 2.30. The molecule has 0 fully saturated rings. The van der Waals surface area contributed by atoms with Gasteiger partial charge in [-0.25, -0.2) is 4.98 Å². The number of pyridine rings is 1. The van der Waals surface area contributed by atoms with Crippen LogP contribution in [0.3, 0.4) is 0 Å². The highest BCUT2D eigenvalue weighted by atomic mass is 32.2. The van der Waals surface area contributed by atoms with Crippen molar-refractivity contribution in [1.29, 1.82) is 0 Å². The van der Waals surface area contributed by atoms with Gasteiger partial charge in [0, 0.05) is 23.3 Å². The number of ether oxygens (including phenoxy) is 1. The first kappa shape index (κ1) is 19.8. The number of para-hydroxylation sites is 1. The Kier molecular flexibility index (Phi) is 6.21. The van der Waals surface area contributed by atoms with Gasteiger partial charge in [-0.2, -0.15) is 0 Å². The second kappa shape index (κ2) is 8.80. The van der Waals surface area contributed by atoms with Crippen LogP contribution < -0.4 is 9.64 Å². The fourth-order valence-corrected chi connectivity index (χ4v) is 3.47. The standard InChI is InChI=1S/C22H23N3O2S/c1-15-14-18(11-13-20(15)28-4)27-22-19(12-10-16(2)23-22)21(24-26)25(3)17-8-6-5-7-9-17/h5-14,26H,1-4H3/b24-21-. The van der Waals surface area contributed by atoms with Gasteiger partial charge in [0.2, 0.25) is 5.88 Å². The highest BCUT2D eigenvalue weighted by molar-refractivity contribution is 7.98. The molecule has 0 atom stereocenters. The second-order valence-electron chi connectivity index (χ2n) is 6.36. The maximum atomic E-state index is 9.74. The number of rotatable bonds is 5. The molecule has 0 radical (unpaired) electrons. The summed E-state index contributed by atoms with van der Waals surface area (Å²) in [6, 6.07) is 19.3. The lowest BCUT2D eigenvalue weighted by Gasteiger charge is -2.21. The van der Waals surface area contributed by atoms with Crippen molar-refractivity contribution in [3.05, 3.63) is 77.5 Å². The summed E-state index contributed by atoms with van der Waals surface area (Å²) in [6.07, 6.45) is 2.05. The number of aryl methyl sites for hydroxylation is 2. The van der Waals surface area contributed by atoms with Gasteiger partial charge < -0.3 is 14.8 Å². The van der Waals surface area contributed by atoms with Gasteiger partial charge in [-0.1, -0.05) is 23.4 Å². The van der Waals surface area contributed by atoms with Crippen LogP contribution in [0.4, 0.5) is 5.69 Å². The molecule has 0 unspecified atom stereocenters. The molecule has 0 spiro atoms. The van der Waals surface area contributed by atoms with Crippen molar-refractivity contribution in [2.24, 2.45) is 5.16 Å². The van der Waals surface area contributed by atoms with E-state index in [1.165, 1.54) is 4.90 Å². The minimum Gasteiger partial charge on any atom is -0.438 e. The molecule has 2 aromatic carbocycles. The van der Waals surface area contributed by atoms with Gasteiger partial charge in [-0.15, -0.1) is 11.8 Å². The molecule has 5 nitrogen and oxygen atoms in total. The number of amidine groups is 1. The molecule has 6 heteroatoms. The largest absolute Gasteiger partial charge is 0.438 e. The molecule has 0 saturated carbocycles. The van der Waals surface area contributed by atoms with E-state index in [4.69, 9.17) is 4.74 Å². The summed E-state index contributed by atoms with van der Waals surface area (Å²) in [5, 5.41) is 13.3. The van der Waals surface area contributed by atoms with Crippen LogP contribution in [0.1, 0.15) is 16.8 Å². The van der Waals surface area contributed by atoms with E-state index in [0.717, 1.165) is 16.9 Å². The molecule has 0 aliphatic heterocycles. The Bertz CT molecular complexity index is 990. The van der Waals surface area contributed by atoms with Crippen molar-refractivity contribution in [3.63, 3.8) is 0 Å². The normalized spacial score (nSPS) is 11.4. The van der Waals surface area contributed by atoms with E-state index in [1.807, 2.05) is 87.8 Å². The third-order valence-electron chi connectivity index (χ3n) is 4.38. The monoisotopic (exact) mass is 393 g/mol. The second-order valence-corrected chi connectivity index (χ2v) is 7.21. The SMILES string of the molecule is CSc1ccc(Oc2nc(C)ccc2/C(=N/O)N(C)c2ccccc2)cc1C. The van der Waals surface area contributed by atoms with E-state index < -0.39 is 0 Å². The zero-order chi connectivity index (χ0) is 20.1. The van der Waals surface area contributed by atoms with Crippen molar-refractivity contribution in [2.45, 2.75) is 18.7 Å². The van der Waals surface area contributed by atoms with Crippen LogP contribution in [-0.2, 0) is 0 Å². The Morgan fingerprint density at radius 2 is 1.82 bits per heavy atom. The lowest BCUT2D eigenvalue weighted by molar-refractivity contribution is 0.318. The van der Waals surface area contributed by atoms with Crippen LogP contribution in [0.15, 0.2) is 70.7 Å². The van der Waals surface area contributed by atoms with Crippen LogP contribution in [-0.4, -0.2) is 29.3 Å². The van der Waals surface area contributed by atoms with Crippen molar-refractivity contribution in [2.75, 3.05) is 18.2 Å². The molecule has 0 saturated heterocycles. The minimum atomic E-state index is 0.353. The minimum absolute atomic E-state index is 0.353. The zero-order valence-corrected chi connectivity index (χ0v) is 17.2. The summed E-state index contributed by atoms with van der Waals surface area (Å²) < 4.78 is 6.10. The molecule has 0 amide bonds. The quantitative estimate of drug-likeness (QED) is 0.204. The molecular formula is C22H23N3O2S. The molecule has 0 bridgehead atoms. The van der Waals surface area contributed by atoms with Crippen LogP contribution >= 0.6 is 11.8 Å². The van der Waals surface area contributed by atoms with E-state index in [-0.39, 0.29) is 0 Å². The van der Waals surface area contributed by atoms with Crippen molar-refractivity contribution >= 4 is 23.3 Å². The molecule has 3 rings (SSSR count). The molecule has 1 heterocycles. The molecule has 1 N–H and O–H groups in total. The van der Waals surface area contributed by atoms with E-state index in [2.05, 4.69) is 10.1 Å². The fourth-order valence-electron chi connectivity index (χ4n) is 2.88. The van der Waals surface area contributed by atoms with E-state index in [9.17, 15) is 5.21 Å². The molecule has 1 aromatic heterocycles. The summed E-state index contributed by atoms with van der Waals surface area (Å²) >= 11 is 1.70. The van der Waals surface area contributed by atoms with Gasteiger partial charge in [0.1, 0.15) is 5.75 Å². The average molecular weight is 394 g/mol. The van der Waals surface area contributed by atoms with Gasteiger partial charge in [-0.05, 0) is 68.1 Å². The molecule has 0 aliphatic carbocycles. The fraction of sp³-hybridized carbons (Fsp3) is 0.182. The first-order valence-corrected chi connectivity index (χ1v) is 10.1. The highest BCUT2D eigenvalue weighted by Gasteiger charge is 2.19. The number of oxime groups is 1. The Balaban J connectivity index is 1.99. The van der Waals surface area contributed by atoms with E-state index in [1.54, 1.807) is 16.7 Å². The average Bonchev–Trinajstić information content (AvgIpc) is 2.71. The summed E-state index contributed by atoms with van der Waals surface area (Å²) in [5.41, 5.74) is 3.44. The number of aromatic nitrogens is 1. The van der Waals surface area contributed by atoms with Gasteiger partial charge in [0.15, 0.2) is 5.84 Å². The first-order chi connectivity index (χ1) is 13.5. The smallest absolute Gasteiger partial charge is 0.230 e. The van der Waals surface area contributed by atoms with Crippen molar-refractivity contribution < 1.29 is 9.94 Å². The Morgan fingerprint density at radius 3 is 2.46 bits per heavy atom. The first-order valence-electron chi connectivity index (χ1n) is 8.85. The third kappa shape index (κ3) is 4.28. The summed E-state index contributed by atoms with van der Waals surface area (Å²) in [6.45, 7) is 3.95. The van der Waals surface area contributed by atoms with E-state index in [0.29, 0.717) is 23.0 Å². The predicted octanol–water partition coefficient (Wildman–Crippen LogP) is 5.48. The number of hydrogen-bond donors (Lipinski definition) is 1. The lowest BCUT2D eigenvalue weighted by atomic mass is 10.2. The molecule has 144 valence electrons. The predicted molar refractivity (Wildman–Crippen MR) is 115 cm³/mol. The number of benzene rings is 2. The number of hydrogen-bond acceptors (Lipinski definition) is 5. The molecule has 3 aromatic rings. The van der Waals surface area contributed by atoms with Gasteiger partial charge >= 0.3 is 0 Å². The lowest BCUT2D eigenvalue weighted by Crippen LogP contribution is -2.28. The zero-order valence-electron chi connectivity index (χ0n) is 16.4. The molecule has 28 heavy (non-hydrogen) atoms. The summed E-state index contributed by atoms with van der Waals surface area (Å²) in [7, 11) is 1.84. The Labute approximate surface area is 169 Å². The summed E-state index contributed by atoms with van der Waals surface area (Å²) in [4.78, 5) is 7.53. The van der Waals surface area contributed by atoms with Crippen LogP contribution in [0, 0.1) is 13.8 Å². The van der Waals surface area contributed by atoms with Crippen molar-refractivity contribution in [3.8, 4) is 11.6 Å².